The Morgan fingerprint density at radius 3 is 2.23 bits per heavy atom. The first-order valence-electron chi connectivity index (χ1n) is 5.95. The Labute approximate surface area is 130 Å². The summed E-state index contributed by atoms with van der Waals surface area (Å²) in [7, 11) is 0. The Kier molecular flexibility index (Phi) is 4.15. The van der Waals surface area contributed by atoms with Crippen molar-refractivity contribution in [2.24, 2.45) is 0 Å². The van der Waals surface area contributed by atoms with Crippen LogP contribution in [0, 0.1) is 6.92 Å². The number of carbonyl (C=O) groups is 1. The molecule has 0 atom stereocenters. The molecule has 0 aliphatic carbocycles. The van der Waals surface area contributed by atoms with Crippen LogP contribution < -0.4 is 5.43 Å². The molecule has 0 aliphatic rings. The summed E-state index contributed by atoms with van der Waals surface area (Å²) in [5.41, 5.74) is -1.50. The molecule has 2 rings (SSSR count). The average molecular weight is 376 g/mol. The van der Waals surface area contributed by atoms with E-state index in [2.05, 4.69) is 15.9 Å². The maximum Gasteiger partial charge on any atom is 0.416 e. The van der Waals surface area contributed by atoms with Crippen molar-refractivity contribution in [2.45, 2.75) is 13.1 Å². The van der Waals surface area contributed by atoms with Crippen LogP contribution >= 0.6 is 15.9 Å². The van der Waals surface area contributed by atoms with Crippen molar-refractivity contribution in [1.29, 1.82) is 0 Å². The van der Waals surface area contributed by atoms with Gasteiger partial charge in [0.25, 0.3) is 0 Å². The SMILES string of the molecule is Cc1c(C(=O)O)c(=O)c(Br)cn1-c1ccc(C(F)(F)F)cc1. The van der Waals surface area contributed by atoms with Gasteiger partial charge in [-0.2, -0.15) is 13.2 Å². The van der Waals surface area contributed by atoms with E-state index in [0.717, 1.165) is 12.1 Å². The monoisotopic (exact) mass is 375 g/mol. The zero-order valence-corrected chi connectivity index (χ0v) is 12.7. The molecule has 0 saturated carbocycles. The first-order valence-corrected chi connectivity index (χ1v) is 6.75. The molecule has 1 N–H and O–H groups in total. The molecule has 116 valence electrons. The molecule has 0 radical (unpaired) electrons. The van der Waals surface area contributed by atoms with E-state index in [1.807, 2.05) is 0 Å². The molecule has 8 heteroatoms. The third-order valence-corrected chi connectivity index (χ3v) is 3.66. The number of hydrogen-bond donors (Lipinski definition) is 1. The van der Waals surface area contributed by atoms with E-state index < -0.39 is 28.7 Å². The summed E-state index contributed by atoms with van der Waals surface area (Å²) in [4.78, 5) is 23.0. The van der Waals surface area contributed by atoms with Crippen molar-refractivity contribution in [3.8, 4) is 5.69 Å². The molecule has 0 bridgehead atoms. The second-order valence-electron chi connectivity index (χ2n) is 4.49. The van der Waals surface area contributed by atoms with Crippen molar-refractivity contribution in [2.75, 3.05) is 0 Å². The van der Waals surface area contributed by atoms with E-state index >= 15 is 0 Å². The number of benzene rings is 1. The summed E-state index contributed by atoms with van der Waals surface area (Å²) in [6.07, 6.45) is -3.13. The van der Waals surface area contributed by atoms with E-state index in [1.54, 1.807) is 0 Å². The Hall–Kier alpha value is -2.09. The van der Waals surface area contributed by atoms with Gasteiger partial charge in [0.15, 0.2) is 0 Å². The molecule has 1 aromatic carbocycles. The highest BCUT2D eigenvalue weighted by molar-refractivity contribution is 9.10. The minimum atomic E-state index is -4.45. The topological polar surface area (TPSA) is 59.3 Å². The van der Waals surface area contributed by atoms with Gasteiger partial charge in [-0.1, -0.05) is 0 Å². The molecule has 0 aliphatic heterocycles. The smallest absolute Gasteiger partial charge is 0.416 e. The van der Waals surface area contributed by atoms with Gasteiger partial charge in [0.05, 0.1) is 10.0 Å². The summed E-state index contributed by atoms with van der Waals surface area (Å²) in [5, 5.41) is 9.11. The van der Waals surface area contributed by atoms with Crippen LogP contribution in [0.25, 0.3) is 5.69 Å². The van der Waals surface area contributed by atoms with Crippen LogP contribution in [-0.4, -0.2) is 15.6 Å². The quantitative estimate of drug-likeness (QED) is 0.871. The molecule has 0 amide bonds. The van der Waals surface area contributed by atoms with Gasteiger partial charge in [-0.05, 0) is 47.1 Å². The standard InChI is InChI=1S/C14H9BrF3NO3/c1-7-11(13(21)22)12(20)10(15)6-19(7)9-4-2-8(3-5-9)14(16,17)18/h2-6H,1H3,(H,21,22). The van der Waals surface area contributed by atoms with Crippen LogP contribution in [0.4, 0.5) is 13.2 Å². The van der Waals surface area contributed by atoms with E-state index in [-0.39, 0.29) is 10.2 Å². The second kappa shape index (κ2) is 5.60. The lowest BCUT2D eigenvalue weighted by Crippen LogP contribution is -2.21. The number of alkyl halides is 3. The van der Waals surface area contributed by atoms with Gasteiger partial charge in [0.2, 0.25) is 5.43 Å². The Bertz CT molecular complexity index is 795. The lowest BCUT2D eigenvalue weighted by molar-refractivity contribution is -0.137. The van der Waals surface area contributed by atoms with E-state index in [1.165, 1.54) is 29.8 Å². The van der Waals surface area contributed by atoms with Crippen LogP contribution in [-0.2, 0) is 6.18 Å². The van der Waals surface area contributed by atoms with Crippen molar-refractivity contribution in [3.05, 3.63) is 62.0 Å². The normalized spacial score (nSPS) is 11.5. The number of carboxylic acid groups (broad SMARTS) is 1. The summed E-state index contributed by atoms with van der Waals surface area (Å²) >= 11 is 2.97. The van der Waals surface area contributed by atoms with Crippen LogP contribution in [0.3, 0.4) is 0 Å². The number of hydrogen-bond acceptors (Lipinski definition) is 2. The third-order valence-electron chi connectivity index (χ3n) is 3.10. The van der Waals surface area contributed by atoms with E-state index in [0.29, 0.717) is 5.69 Å². The van der Waals surface area contributed by atoms with E-state index in [9.17, 15) is 22.8 Å². The Balaban J connectivity index is 2.63. The molecule has 22 heavy (non-hydrogen) atoms. The fraction of sp³-hybridized carbons (Fsp3) is 0.143. The van der Waals surface area contributed by atoms with Gasteiger partial charge < -0.3 is 9.67 Å². The van der Waals surface area contributed by atoms with Crippen molar-refractivity contribution in [3.63, 3.8) is 0 Å². The van der Waals surface area contributed by atoms with Crippen molar-refractivity contribution in [1.82, 2.24) is 4.57 Å². The van der Waals surface area contributed by atoms with E-state index in [4.69, 9.17) is 5.11 Å². The van der Waals surface area contributed by atoms with Gasteiger partial charge in [-0.15, -0.1) is 0 Å². The number of pyridine rings is 1. The maximum atomic E-state index is 12.6. The van der Waals surface area contributed by atoms with Crippen molar-refractivity contribution >= 4 is 21.9 Å². The van der Waals surface area contributed by atoms with Gasteiger partial charge in [0, 0.05) is 17.6 Å². The number of halogens is 4. The number of nitrogens with zero attached hydrogens (tertiary/aromatic N) is 1. The van der Waals surface area contributed by atoms with Crippen LogP contribution in [0.15, 0.2) is 39.7 Å². The highest BCUT2D eigenvalue weighted by atomic mass is 79.9. The minimum absolute atomic E-state index is 0.00963. The van der Waals surface area contributed by atoms with Gasteiger partial charge >= 0.3 is 12.1 Å². The number of aromatic carboxylic acids is 1. The molecule has 2 aromatic rings. The predicted octanol–water partition coefficient (Wildman–Crippen LogP) is 3.63. The average Bonchev–Trinajstić information content (AvgIpc) is 2.42. The second-order valence-corrected chi connectivity index (χ2v) is 5.34. The van der Waals surface area contributed by atoms with Crippen LogP contribution in [0.2, 0.25) is 0 Å². The zero-order chi connectivity index (χ0) is 16.7. The molecule has 0 saturated heterocycles. The molecule has 0 unspecified atom stereocenters. The highest BCUT2D eigenvalue weighted by Crippen LogP contribution is 2.30. The summed E-state index contributed by atoms with van der Waals surface area (Å²) in [6.45, 7) is 1.41. The molecule has 1 heterocycles. The summed E-state index contributed by atoms with van der Waals surface area (Å²) in [6, 6.07) is 4.19. The number of aromatic nitrogens is 1. The van der Waals surface area contributed by atoms with Crippen LogP contribution in [0.5, 0.6) is 0 Å². The zero-order valence-electron chi connectivity index (χ0n) is 11.1. The fourth-order valence-corrected chi connectivity index (χ4v) is 2.41. The largest absolute Gasteiger partial charge is 0.477 e. The van der Waals surface area contributed by atoms with Crippen LogP contribution in [0.1, 0.15) is 21.6 Å². The third kappa shape index (κ3) is 2.92. The maximum absolute atomic E-state index is 12.6. The summed E-state index contributed by atoms with van der Waals surface area (Å²) < 4.78 is 39.0. The summed E-state index contributed by atoms with van der Waals surface area (Å²) in [5.74, 6) is -1.40. The van der Waals surface area contributed by atoms with Crippen molar-refractivity contribution < 1.29 is 23.1 Å². The number of carboxylic acids is 1. The Morgan fingerprint density at radius 2 is 1.77 bits per heavy atom. The predicted molar refractivity (Wildman–Crippen MR) is 76.4 cm³/mol. The molecule has 0 fully saturated rings. The molecular formula is C14H9BrF3NO3. The lowest BCUT2D eigenvalue weighted by Gasteiger charge is -2.14. The molecular weight excluding hydrogens is 367 g/mol. The molecule has 1 aromatic heterocycles. The van der Waals surface area contributed by atoms with Gasteiger partial charge in [-0.3, -0.25) is 4.79 Å². The first kappa shape index (κ1) is 16.3. The fourth-order valence-electron chi connectivity index (χ4n) is 2.00. The molecule has 4 nitrogen and oxygen atoms in total. The Morgan fingerprint density at radius 1 is 1.23 bits per heavy atom. The first-order chi connectivity index (χ1) is 10.1. The van der Waals surface area contributed by atoms with Gasteiger partial charge in [0.1, 0.15) is 5.56 Å². The lowest BCUT2D eigenvalue weighted by atomic mass is 10.1. The highest BCUT2D eigenvalue weighted by Gasteiger charge is 2.30. The van der Waals surface area contributed by atoms with Gasteiger partial charge in [-0.25, -0.2) is 4.79 Å². The number of rotatable bonds is 2. The molecule has 0 spiro atoms. The minimum Gasteiger partial charge on any atom is -0.477 e.